The topological polar surface area (TPSA) is 84.8 Å². The number of aryl methyl sites for hydroxylation is 1. The van der Waals surface area contributed by atoms with Crippen molar-refractivity contribution in [2.45, 2.75) is 24.9 Å². The molecule has 31 heavy (non-hydrogen) atoms. The molecule has 2 aliphatic rings. The summed E-state index contributed by atoms with van der Waals surface area (Å²) < 4.78 is 8.23. The standard InChI is InChI=1S/C24H23N5O2/c1-29-14-16(12-27-29)20-5-4-17-19(13-26-23(17)28-20)15-2-3-18-21(30)11-24(31-22(18)10-15)6-8-25-9-7-24/h2-5,10,12-14,25H,6-9,11H2,1H3,(H,26,28). The molecule has 0 saturated carbocycles. The van der Waals surface area contributed by atoms with E-state index in [-0.39, 0.29) is 11.4 Å². The van der Waals surface area contributed by atoms with Crippen LogP contribution in [0.4, 0.5) is 0 Å². The quantitative estimate of drug-likeness (QED) is 0.523. The Labute approximate surface area is 179 Å². The van der Waals surface area contributed by atoms with Crippen LogP contribution in [-0.2, 0) is 7.05 Å². The molecule has 7 nitrogen and oxygen atoms in total. The molecule has 0 bridgehead atoms. The van der Waals surface area contributed by atoms with Gasteiger partial charge in [0.2, 0.25) is 0 Å². The fourth-order valence-corrected chi connectivity index (χ4v) is 4.78. The highest BCUT2D eigenvalue weighted by Gasteiger charge is 2.41. The van der Waals surface area contributed by atoms with Crippen LogP contribution in [0.1, 0.15) is 29.6 Å². The van der Waals surface area contributed by atoms with Crippen LogP contribution in [0.25, 0.3) is 33.4 Å². The average molecular weight is 413 g/mol. The molecule has 1 fully saturated rings. The van der Waals surface area contributed by atoms with E-state index in [0.29, 0.717) is 17.7 Å². The molecule has 7 heteroatoms. The maximum Gasteiger partial charge on any atom is 0.170 e. The Bertz CT molecular complexity index is 1310. The van der Waals surface area contributed by atoms with E-state index in [2.05, 4.69) is 21.5 Å². The smallest absolute Gasteiger partial charge is 0.170 e. The number of hydrogen-bond donors (Lipinski definition) is 2. The number of rotatable bonds is 2. The second-order valence-electron chi connectivity index (χ2n) is 8.54. The summed E-state index contributed by atoms with van der Waals surface area (Å²) in [5.41, 5.74) is 5.05. The number of hydrogen-bond acceptors (Lipinski definition) is 5. The number of nitrogens with one attached hydrogen (secondary N) is 2. The van der Waals surface area contributed by atoms with Crippen molar-refractivity contribution in [2.24, 2.45) is 7.05 Å². The average Bonchev–Trinajstić information content (AvgIpc) is 3.39. The van der Waals surface area contributed by atoms with Gasteiger partial charge in [-0.3, -0.25) is 9.48 Å². The Balaban J connectivity index is 1.38. The first-order valence-corrected chi connectivity index (χ1v) is 10.6. The molecule has 0 radical (unpaired) electrons. The number of ketones is 1. The summed E-state index contributed by atoms with van der Waals surface area (Å²) in [6.07, 6.45) is 7.92. The molecule has 1 saturated heterocycles. The van der Waals surface area contributed by atoms with Crippen LogP contribution in [0.2, 0.25) is 0 Å². The zero-order valence-corrected chi connectivity index (χ0v) is 17.3. The molecule has 0 aliphatic carbocycles. The Morgan fingerprint density at radius 1 is 1.10 bits per heavy atom. The summed E-state index contributed by atoms with van der Waals surface area (Å²) in [6, 6.07) is 10.00. The van der Waals surface area contributed by atoms with Crippen LogP contribution in [0.5, 0.6) is 5.75 Å². The number of piperidine rings is 1. The summed E-state index contributed by atoms with van der Waals surface area (Å²) in [6.45, 7) is 1.77. The summed E-state index contributed by atoms with van der Waals surface area (Å²) in [4.78, 5) is 20.9. The van der Waals surface area contributed by atoms with E-state index in [1.165, 1.54) is 0 Å². The predicted octanol–water partition coefficient (Wildman–Crippen LogP) is 3.72. The van der Waals surface area contributed by atoms with Crippen LogP contribution in [-0.4, -0.2) is 44.2 Å². The van der Waals surface area contributed by atoms with Gasteiger partial charge in [0, 0.05) is 48.8 Å². The van der Waals surface area contributed by atoms with E-state index in [1.54, 1.807) is 4.68 Å². The van der Waals surface area contributed by atoms with Crippen LogP contribution < -0.4 is 10.1 Å². The Morgan fingerprint density at radius 3 is 2.77 bits per heavy atom. The van der Waals surface area contributed by atoms with Gasteiger partial charge in [-0.1, -0.05) is 6.07 Å². The van der Waals surface area contributed by atoms with Crippen LogP contribution in [0, 0.1) is 0 Å². The van der Waals surface area contributed by atoms with Crippen LogP contribution in [0.3, 0.4) is 0 Å². The largest absolute Gasteiger partial charge is 0.486 e. The SMILES string of the molecule is Cn1cc(-c2ccc3c(-c4ccc5c(c4)OC4(CCNCC4)CC5=O)c[nH]c3n2)cn1. The molecular formula is C24H23N5O2. The Kier molecular flexibility index (Phi) is 4.01. The number of carbonyl (C=O) groups excluding carboxylic acids is 1. The molecule has 0 amide bonds. The number of nitrogens with zero attached hydrogens (tertiary/aromatic N) is 3. The van der Waals surface area contributed by atoms with Crippen molar-refractivity contribution < 1.29 is 9.53 Å². The van der Waals surface area contributed by atoms with Crippen molar-refractivity contribution in [3.63, 3.8) is 0 Å². The van der Waals surface area contributed by atoms with Gasteiger partial charge < -0.3 is 15.0 Å². The number of aromatic amines is 1. The molecule has 1 spiro atoms. The minimum absolute atomic E-state index is 0.177. The molecule has 0 unspecified atom stereocenters. The zero-order chi connectivity index (χ0) is 21.0. The fourth-order valence-electron chi connectivity index (χ4n) is 4.78. The third-order valence-electron chi connectivity index (χ3n) is 6.46. The predicted molar refractivity (Wildman–Crippen MR) is 118 cm³/mol. The normalized spacial score (nSPS) is 17.6. The van der Waals surface area contributed by atoms with Gasteiger partial charge in [0.25, 0.3) is 0 Å². The lowest BCUT2D eigenvalue weighted by atomic mass is 9.82. The number of Topliss-reactive ketones (excluding diaryl/α,β-unsaturated/α-hetero) is 1. The van der Waals surface area contributed by atoms with Crippen molar-refractivity contribution >= 4 is 16.8 Å². The summed E-state index contributed by atoms with van der Waals surface area (Å²) in [7, 11) is 1.89. The molecule has 2 N–H and O–H groups in total. The Morgan fingerprint density at radius 2 is 1.97 bits per heavy atom. The van der Waals surface area contributed by atoms with Crippen molar-refractivity contribution in [1.29, 1.82) is 0 Å². The second kappa shape index (κ2) is 6.78. The van der Waals surface area contributed by atoms with Gasteiger partial charge in [0.05, 0.1) is 23.9 Å². The Hall–Kier alpha value is -3.45. The van der Waals surface area contributed by atoms with Gasteiger partial charge in [-0.2, -0.15) is 5.10 Å². The lowest BCUT2D eigenvalue weighted by molar-refractivity contribution is 0.0188. The number of aromatic nitrogens is 4. The summed E-state index contributed by atoms with van der Waals surface area (Å²) in [5, 5.41) is 8.62. The highest BCUT2D eigenvalue weighted by Crippen LogP contribution is 2.41. The lowest BCUT2D eigenvalue weighted by Crippen LogP contribution is -2.49. The van der Waals surface area contributed by atoms with Crippen molar-refractivity contribution in [2.75, 3.05) is 13.1 Å². The van der Waals surface area contributed by atoms with Crippen molar-refractivity contribution in [3.8, 4) is 28.1 Å². The van der Waals surface area contributed by atoms with E-state index >= 15 is 0 Å². The highest BCUT2D eigenvalue weighted by molar-refractivity contribution is 6.02. The van der Waals surface area contributed by atoms with Crippen molar-refractivity contribution in [3.05, 3.63) is 54.5 Å². The first-order valence-electron chi connectivity index (χ1n) is 10.6. The van der Waals surface area contributed by atoms with Crippen molar-refractivity contribution in [1.82, 2.24) is 25.1 Å². The number of carbonyl (C=O) groups is 1. The first-order chi connectivity index (χ1) is 15.1. The molecule has 6 rings (SSSR count). The zero-order valence-electron chi connectivity index (χ0n) is 17.3. The fraction of sp³-hybridized carbons (Fsp3) is 0.292. The monoisotopic (exact) mass is 413 g/mol. The molecule has 5 heterocycles. The number of benzene rings is 1. The maximum absolute atomic E-state index is 12.8. The first kappa shape index (κ1) is 18.3. The van der Waals surface area contributed by atoms with Gasteiger partial charge in [-0.25, -0.2) is 4.98 Å². The third kappa shape index (κ3) is 3.04. The van der Waals surface area contributed by atoms with Gasteiger partial charge in [0.1, 0.15) is 17.0 Å². The highest BCUT2D eigenvalue weighted by atomic mass is 16.5. The van der Waals surface area contributed by atoms with Gasteiger partial charge >= 0.3 is 0 Å². The molecular weight excluding hydrogens is 390 g/mol. The van der Waals surface area contributed by atoms with E-state index < -0.39 is 0 Å². The molecule has 4 aromatic rings. The second-order valence-corrected chi connectivity index (χ2v) is 8.54. The summed E-state index contributed by atoms with van der Waals surface area (Å²) in [5.74, 6) is 0.876. The van der Waals surface area contributed by atoms with E-state index in [4.69, 9.17) is 9.72 Å². The van der Waals surface area contributed by atoms with Gasteiger partial charge in [0.15, 0.2) is 5.78 Å². The number of ether oxygens (including phenoxy) is 1. The molecule has 1 aromatic carbocycles. The van der Waals surface area contributed by atoms with Gasteiger partial charge in [-0.05, 0) is 42.9 Å². The van der Waals surface area contributed by atoms with E-state index in [9.17, 15) is 4.79 Å². The summed E-state index contributed by atoms with van der Waals surface area (Å²) >= 11 is 0. The molecule has 156 valence electrons. The van der Waals surface area contributed by atoms with E-state index in [1.807, 2.05) is 49.9 Å². The van der Waals surface area contributed by atoms with Gasteiger partial charge in [-0.15, -0.1) is 0 Å². The number of fused-ring (bicyclic) bond motifs is 2. The number of H-pyrrole nitrogens is 1. The minimum atomic E-state index is -0.367. The minimum Gasteiger partial charge on any atom is -0.486 e. The lowest BCUT2D eigenvalue weighted by Gasteiger charge is -2.41. The van der Waals surface area contributed by atoms with Crippen LogP contribution >= 0.6 is 0 Å². The van der Waals surface area contributed by atoms with Crippen LogP contribution in [0.15, 0.2) is 48.9 Å². The molecule has 2 aliphatic heterocycles. The maximum atomic E-state index is 12.8. The number of pyridine rings is 1. The molecule has 3 aromatic heterocycles. The molecule has 0 atom stereocenters. The third-order valence-corrected chi connectivity index (χ3v) is 6.46. The van der Waals surface area contributed by atoms with E-state index in [0.717, 1.165) is 59.3 Å².